The van der Waals surface area contributed by atoms with Crippen molar-refractivity contribution in [2.24, 2.45) is 0 Å². The van der Waals surface area contributed by atoms with Crippen LogP contribution in [-0.4, -0.2) is 30.3 Å². The maximum atomic E-state index is 11.8. The molecular weight excluding hydrogens is 274 g/mol. The Labute approximate surface area is 124 Å². The molecule has 0 aromatic heterocycles. The Balaban J connectivity index is 1.69. The van der Waals surface area contributed by atoms with Crippen LogP contribution in [0.3, 0.4) is 0 Å². The first-order valence-electron chi connectivity index (χ1n) is 6.67. The van der Waals surface area contributed by atoms with Gasteiger partial charge in [-0.3, -0.25) is 15.6 Å². The minimum absolute atomic E-state index is 0.211. The summed E-state index contributed by atoms with van der Waals surface area (Å²) in [4.78, 5) is 11.8. The van der Waals surface area contributed by atoms with Crippen molar-refractivity contribution in [3.8, 4) is 0 Å². The Morgan fingerprint density at radius 1 is 1.35 bits per heavy atom. The van der Waals surface area contributed by atoms with Gasteiger partial charge >= 0.3 is 0 Å². The molecule has 0 saturated carbocycles. The molecule has 108 valence electrons. The molecular formula is C14H19N3O2S. The fourth-order valence-electron chi connectivity index (χ4n) is 1.95. The van der Waals surface area contributed by atoms with Crippen LogP contribution >= 0.6 is 12.2 Å². The topological polar surface area (TPSA) is 62.4 Å². The fraction of sp³-hybridized carbons (Fsp3) is 0.429. The molecule has 0 spiro atoms. The van der Waals surface area contributed by atoms with Gasteiger partial charge in [0.15, 0.2) is 5.11 Å². The van der Waals surface area contributed by atoms with Crippen molar-refractivity contribution in [2.45, 2.75) is 25.9 Å². The molecule has 0 aliphatic carbocycles. The van der Waals surface area contributed by atoms with Crippen molar-refractivity contribution in [1.82, 2.24) is 16.2 Å². The van der Waals surface area contributed by atoms with Gasteiger partial charge in [0.1, 0.15) is 0 Å². The minimum atomic E-state index is -0.216. The lowest BCUT2D eigenvalue weighted by atomic mass is 10.1. The number of hydrogen-bond acceptors (Lipinski definition) is 3. The molecule has 1 aliphatic heterocycles. The summed E-state index contributed by atoms with van der Waals surface area (Å²) in [6.45, 7) is 3.45. The lowest BCUT2D eigenvalue weighted by Crippen LogP contribution is -2.48. The predicted octanol–water partition coefficient (Wildman–Crippen LogP) is 1.28. The second-order valence-corrected chi connectivity index (χ2v) is 5.20. The first-order valence-corrected chi connectivity index (χ1v) is 7.08. The van der Waals surface area contributed by atoms with Gasteiger partial charge in [0.05, 0.1) is 6.10 Å². The zero-order valence-corrected chi connectivity index (χ0v) is 12.3. The van der Waals surface area contributed by atoms with Crippen molar-refractivity contribution < 1.29 is 9.53 Å². The van der Waals surface area contributed by atoms with E-state index < -0.39 is 0 Å². The summed E-state index contributed by atoms with van der Waals surface area (Å²) in [5.41, 5.74) is 6.95. The molecule has 1 heterocycles. The van der Waals surface area contributed by atoms with Gasteiger partial charge < -0.3 is 10.1 Å². The van der Waals surface area contributed by atoms with Crippen LogP contribution in [0.1, 0.15) is 28.8 Å². The predicted molar refractivity (Wildman–Crippen MR) is 81.4 cm³/mol. The van der Waals surface area contributed by atoms with Gasteiger partial charge in [-0.1, -0.05) is 17.7 Å². The van der Waals surface area contributed by atoms with Crippen LogP contribution in [0.15, 0.2) is 24.3 Å². The molecule has 1 saturated heterocycles. The van der Waals surface area contributed by atoms with E-state index in [0.717, 1.165) is 25.0 Å². The zero-order valence-electron chi connectivity index (χ0n) is 11.4. The van der Waals surface area contributed by atoms with E-state index in [1.54, 1.807) is 12.1 Å². The maximum Gasteiger partial charge on any atom is 0.269 e. The van der Waals surface area contributed by atoms with Crippen LogP contribution in [0.5, 0.6) is 0 Å². The van der Waals surface area contributed by atoms with Gasteiger partial charge in [0.2, 0.25) is 0 Å². The Kier molecular flexibility index (Phi) is 5.31. The average Bonchev–Trinajstić information content (AvgIpc) is 2.96. The molecule has 3 N–H and O–H groups in total. The largest absolute Gasteiger partial charge is 0.376 e. The van der Waals surface area contributed by atoms with Gasteiger partial charge in [0.25, 0.3) is 5.91 Å². The van der Waals surface area contributed by atoms with E-state index in [-0.39, 0.29) is 12.0 Å². The molecule has 1 aromatic carbocycles. The number of ether oxygens (including phenoxy) is 1. The molecule has 20 heavy (non-hydrogen) atoms. The molecule has 0 radical (unpaired) electrons. The number of carbonyl (C=O) groups is 1. The standard InChI is InChI=1S/C14H19N3O2S/c1-10-4-6-11(7-5-10)13(18)16-17-14(20)15-9-12-3-2-8-19-12/h4-7,12H,2-3,8-9H2,1H3,(H,16,18)(H2,15,17,20)/t12-/m0/s1. The number of aryl methyl sites for hydroxylation is 1. The monoisotopic (exact) mass is 293 g/mol. The van der Waals surface area contributed by atoms with E-state index in [1.807, 2.05) is 19.1 Å². The Morgan fingerprint density at radius 3 is 2.75 bits per heavy atom. The highest BCUT2D eigenvalue weighted by molar-refractivity contribution is 7.80. The van der Waals surface area contributed by atoms with E-state index >= 15 is 0 Å². The summed E-state index contributed by atoms with van der Waals surface area (Å²) in [6.07, 6.45) is 2.35. The molecule has 1 atom stereocenters. The first kappa shape index (κ1) is 14.7. The number of nitrogens with one attached hydrogen (secondary N) is 3. The molecule has 0 unspecified atom stereocenters. The molecule has 1 aliphatic rings. The van der Waals surface area contributed by atoms with Crippen LogP contribution in [0.4, 0.5) is 0 Å². The van der Waals surface area contributed by atoms with E-state index in [0.29, 0.717) is 17.2 Å². The lowest BCUT2D eigenvalue weighted by molar-refractivity contribution is 0.0943. The van der Waals surface area contributed by atoms with Crippen LogP contribution in [0.2, 0.25) is 0 Å². The molecule has 6 heteroatoms. The second-order valence-electron chi connectivity index (χ2n) is 4.79. The maximum absolute atomic E-state index is 11.8. The number of hydrazine groups is 1. The Hall–Kier alpha value is -1.66. The summed E-state index contributed by atoms with van der Waals surface area (Å²) < 4.78 is 5.47. The normalized spacial score (nSPS) is 17.6. The van der Waals surface area contributed by atoms with E-state index in [4.69, 9.17) is 17.0 Å². The summed E-state index contributed by atoms with van der Waals surface area (Å²) in [7, 11) is 0. The molecule has 1 aromatic rings. The van der Waals surface area contributed by atoms with Gasteiger partial charge in [-0.2, -0.15) is 0 Å². The number of hydrogen-bond donors (Lipinski definition) is 3. The lowest BCUT2D eigenvalue weighted by Gasteiger charge is -2.14. The van der Waals surface area contributed by atoms with E-state index in [1.165, 1.54) is 0 Å². The molecule has 1 fully saturated rings. The number of carbonyl (C=O) groups excluding carboxylic acids is 1. The molecule has 1 amide bonds. The summed E-state index contributed by atoms with van der Waals surface area (Å²) in [5, 5.41) is 3.41. The zero-order chi connectivity index (χ0) is 14.4. The molecule has 0 bridgehead atoms. The first-order chi connectivity index (χ1) is 9.65. The smallest absolute Gasteiger partial charge is 0.269 e. The summed E-state index contributed by atoms with van der Waals surface area (Å²) in [6, 6.07) is 7.33. The van der Waals surface area contributed by atoms with Crippen LogP contribution in [0, 0.1) is 6.92 Å². The Bertz CT molecular complexity index is 470. The number of benzene rings is 1. The summed E-state index contributed by atoms with van der Waals surface area (Å²) in [5.74, 6) is -0.216. The molecule has 5 nitrogen and oxygen atoms in total. The van der Waals surface area contributed by atoms with Gasteiger partial charge in [0, 0.05) is 18.7 Å². The Morgan fingerprint density at radius 2 is 2.10 bits per heavy atom. The van der Waals surface area contributed by atoms with Crippen LogP contribution in [0.25, 0.3) is 0 Å². The highest BCUT2D eigenvalue weighted by Crippen LogP contribution is 2.10. The van der Waals surface area contributed by atoms with Crippen molar-refractivity contribution in [1.29, 1.82) is 0 Å². The van der Waals surface area contributed by atoms with Gasteiger partial charge in [-0.25, -0.2) is 0 Å². The van der Waals surface area contributed by atoms with Crippen molar-refractivity contribution in [3.05, 3.63) is 35.4 Å². The average molecular weight is 293 g/mol. The number of rotatable bonds is 3. The number of thiocarbonyl (C=S) groups is 1. The van der Waals surface area contributed by atoms with Gasteiger partial charge in [-0.15, -0.1) is 0 Å². The van der Waals surface area contributed by atoms with Crippen LogP contribution < -0.4 is 16.2 Å². The third kappa shape index (κ3) is 4.47. The minimum Gasteiger partial charge on any atom is -0.376 e. The molecule has 2 rings (SSSR count). The summed E-state index contributed by atoms with van der Waals surface area (Å²) >= 11 is 5.09. The van der Waals surface area contributed by atoms with Crippen LogP contribution in [-0.2, 0) is 4.74 Å². The quantitative estimate of drug-likeness (QED) is 0.579. The number of amides is 1. The van der Waals surface area contributed by atoms with Crippen molar-refractivity contribution in [3.63, 3.8) is 0 Å². The highest BCUT2D eigenvalue weighted by atomic mass is 32.1. The second kappa shape index (κ2) is 7.21. The SMILES string of the molecule is Cc1ccc(C(=O)NNC(=S)NC[C@@H]2CCCO2)cc1. The van der Waals surface area contributed by atoms with Crippen molar-refractivity contribution >= 4 is 23.2 Å². The van der Waals surface area contributed by atoms with E-state index in [9.17, 15) is 4.79 Å². The third-order valence-corrected chi connectivity index (χ3v) is 3.36. The van der Waals surface area contributed by atoms with E-state index in [2.05, 4.69) is 16.2 Å². The van der Waals surface area contributed by atoms with Gasteiger partial charge in [-0.05, 0) is 44.1 Å². The fourth-order valence-corrected chi connectivity index (χ4v) is 2.08. The highest BCUT2D eigenvalue weighted by Gasteiger charge is 2.15. The third-order valence-electron chi connectivity index (χ3n) is 3.12. The van der Waals surface area contributed by atoms with Crippen molar-refractivity contribution in [2.75, 3.05) is 13.2 Å².